The van der Waals surface area contributed by atoms with Crippen molar-refractivity contribution in [1.82, 2.24) is 9.97 Å². The summed E-state index contributed by atoms with van der Waals surface area (Å²) in [5.74, 6) is 0.591. The average molecular weight is 288 g/mol. The van der Waals surface area contributed by atoms with E-state index in [0.29, 0.717) is 10.2 Å². The maximum atomic E-state index is 9.85. The van der Waals surface area contributed by atoms with Gasteiger partial charge in [-0.05, 0) is 42.3 Å². The molecule has 2 aromatic heterocycles. The standard InChI is InChI=1S/C14H12N2O3S/c1-7-10-12(17)15-14(18)16-13(10)20-11(7)8-3-5-9(19-2)6-4-8/h3-6H,1-2H3,(H2,15,16,17,18). The second kappa shape index (κ2) is 4.64. The fraction of sp³-hybridized carbons (Fsp3) is 0.143. The number of nitrogens with zero attached hydrogens (tertiary/aromatic N) is 2. The highest BCUT2D eigenvalue weighted by molar-refractivity contribution is 7.22. The largest absolute Gasteiger partial charge is 0.497 e. The van der Waals surface area contributed by atoms with Gasteiger partial charge in [-0.15, -0.1) is 11.3 Å². The average Bonchev–Trinajstić information content (AvgIpc) is 2.76. The zero-order valence-electron chi connectivity index (χ0n) is 10.9. The Hall–Kier alpha value is -2.34. The van der Waals surface area contributed by atoms with E-state index in [0.717, 1.165) is 21.8 Å². The van der Waals surface area contributed by atoms with Gasteiger partial charge in [-0.2, -0.15) is 9.97 Å². The molecule has 0 unspecified atom stereocenters. The summed E-state index contributed by atoms with van der Waals surface area (Å²) in [6.07, 6.45) is 0. The van der Waals surface area contributed by atoms with E-state index < -0.39 is 6.01 Å². The minimum absolute atomic E-state index is 0.194. The van der Waals surface area contributed by atoms with Gasteiger partial charge in [0.05, 0.1) is 12.5 Å². The van der Waals surface area contributed by atoms with Crippen molar-refractivity contribution in [2.45, 2.75) is 6.92 Å². The Morgan fingerprint density at radius 2 is 1.80 bits per heavy atom. The Kier molecular flexibility index (Phi) is 2.94. The molecule has 102 valence electrons. The van der Waals surface area contributed by atoms with Crippen LogP contribution in [0.2, 0.25) is 0 Å². The molecular weight excluding hydrogens is 276 g/mol. The molecule has 5 nitrogen and oxygen atoms in total. The molecule has 1 aromatic carbocycles. The molecule has 0 aliphatic carbocycles. The molecule has 3 rings (SSSR count). The Balaban J connectivity index is 2.20. The molecule has 0 aliphatic heterocycles. The maximum absolute atomic E-state index is 9.85. The summed E-state index contributed by atoms with van der Waals surface area (Å²) >= 11 is 1.41. The fourth-order valence-corrected chi connectivity index (χ4v) is 3.30. The molecule has 0 fully saturated rings. The Bertz CT molecular complexity index is 781. The maximum Gasteiger partial charge on any atom is 0.318 e. The van der Waals surface area contributed by atoms with E-state index in [1.165, 1.54) is 11.3 Å². The lowest BCUT2D eigenvalue weighted by atomic mass is 10.1. The van der Waals surface area contributed by atoms with Gasteiger partial charge in [-0.3, -0.25) is 0 Å². The number of aromatic hydroxyl groups is 2. The van der Waals surface area contributed by atoms with Crippen molar-refractivity contribution in [1.29, 1.82) is 0 Å². The highest BCUT2D eigenvalue weighted by atomic mass is 32.1. The predicted molar refractivity (Wildman–Crippen MR) is 77.5 cm³/mol. The van der Waals surface area contributed by atoms with Crippen LogP contribution in [0.5, 0.6) is 17.6 Å². The Morgan fingerprint density at radius 1 is 1.10 bits per heavy atom. The van der Waals surface area contributed by atoms with Crippen LogP contribution in [0.4, 0.5) is 0 Å². The van der Waals surface area contributed by atoms with Gasteiger partial charge in [0.2, 0.25) is 5.88 Å². The van der Waals surface area contributed by atoms with E-state index >= 15 is 0 Å². The molecule has 2 heterocycles. The van der Waals surface area contributed by atoms with Crippen molar-refractivity contribution < 1.29 is 14.9 Å². The van der Waals surface area contributed by atoms with E-state index in [9.17, 15) is 10.2 Å². The summed E-state index contributed by atoms with van der Waals surface area (Å²) in [6, 6.07) is 7.23. The minimum Gasteiger partial charge on any atom is -0.497 e. The van der Waals surface area contributed by atoms with Gasteiger partial charge in [0, 0.05) is 4.88 Å². The third-order valence-electron chi connectivity index (χ3n) is 3.11. The van der Waals surface area contributed by atoms with E-state index in [1.54, 1.807) is 7.11 Å². The third kappa shape index (κ3) is 1.94. The lowest BCUT2D eigenvalue weighted by molar-refractivity contribution is 0.404. The van der Waals surface area contributed by atoms with Crippen molar-refractivity contribution in [3.05, 3.63) is 29.8 Å². The summed E-state index contributed by atoms with van der Waals surface area (Å²) in [5.41, 5.74) is 1.90. The number of fused-ring (bicyclic) bond motifs is 1. The number of ether oxygens (including phenoxy) is 1. The molecule has 0 radical (unpaired) electrons. The quantitative estimate of drug-likeness (QED) is 0.758. The Labute approximate surface area is 119 Å². The van der Waals surface area contributed by atoms with Gasteiger partial charge in [0.25, 0.3) is 0 Å². The van der Waals surface area contributed by atoms with Gasteiger partial charge in [0.1, 0.15) is 10.6 Å². The molecule has 0 bridgehead atoms. The molecular formula is C14H12N2O3S. The van der Waals surface area contributed by atoms with Gasteiger partial charge in [-0.1, -0.05) is 0 Å². The van der Waals surface area contributed by atoms with Crippen LogP contribution in [-0.2, 0) is 0 Å². The lowest BCUT2D eigenvalue weighted by Gasteiger charge is -2.02. The highest BCUT2D eigenvalue weighted by Crippen LogP contribution is 2.41. The first kappa shape index (κ1) is 12.7. The Morgan fingerprint density at radius 3 is 2.45 bits per heavy atom. The van der Waals surface area contributed by atoms with Gasteiger partial charge < -0.3 is 14.9 Å². The van der Waals surface area contributed by atoms with Crippen LogP contribution >= 0.6 is 11.3 Å². The molecule has 3 aromatic rings. The zero-order chi connectivity index (χ0) is 14.3. The number of benzene rings is 1. The first-order chi connectivity index (χ1) is 9.60. The molecule has 0 saturated carbocycles. The predicted octanol–water partition coefficient (Wildman–Crippen LogP) is 3.09. The van der Waals surface area contributed by atoms with Gasteiger partial charge in [-0.25, -0.2) is 0 Å². The van der Waals surface area contributed by atoms with Crippen LogP contribution in [0, 0.1) is 6.92 Å². The smallest absolute Gasteiger partial charge is 0.318 e. The van der Waals surface area contributed by atoms with Crippen LogP contribution in [0.15, 0.2) is 24.3 Å². The lowest BCUT2D eigenvalue weighted by Crippen LogP contribution is -1.83. The second-order valence-electron chi connectivity index (χ2n) is 4.31. The fourth-order valence-electron chi connectivity index (χ4n) is 2.12. The topological polar surface area (TPSA) is 75.5 Å². The van der Waals surface area contributed by atoms with Crippen LogP contribution in [0.1, 0.15) is 5.56 Å². The third-order valence-corrected chi connectivity index (χ3v) is 4.35. The van der Waals surface area contributed by atoms with Crippen LogP contribution < -0.4 is 4.74 Å². The number of thiophene rings is 1. The summed E-state index contributed by atoms with van der Waals surface area (Å²) in [5, 5.41) is 19.8. The molecule has 0 atom stereocenters. The highest BCUT2D eigenvalue weighted by Gasteiger charge is 2.16. The second-order valence-corrected chi connectivity index (χ2v) is 5.31. The number of methoxy groups -OCH3 is 1. The first-order valence-corrected chi connectivity index (χ1v) is 6.75. The number of aromatic nitrogens is 2. The minimum atomic E-state index is -0.419. The SMILES string of the molecule is COc1ccc(-c2sc3nc(O)nc(O)c3c2C)cc1. The molecule has 0 amide bonds. The van der Waals surface area contributed by atoms with Crippen molar-refractivity contribution in [3.8, 4) is 28.1 Å². The summed E-state index contributed by atoms with van der Waals surface area (Å²) < 4.78 is 5.14. The number of aryl methyl sites for hydroxylation is 1. The summed E-state index contributed by atoms with van der Waals surface area (Å²) in [4.78, 5) is 9.09. The van der Waals surface area contributed by atoms with E-state index in [-0.39, 0.29) is 5.88 Å². The van der Waals surface area contributed by atoms with E-state index in [2.05, 4.69) is 9.97 Å². The monoisotopic (exact) mass is 288 g/mol. The zero-order valence-corrected chi connectivity index (χ0v) is 11.7. The number of hydrogen-bond donors (Lipinski definition) is 2. The molecule has 0 spiro atoms. The van der Waals surface area contributed by atoms with Crippen LogP contribution in [-0.4, -0.2) is 27.3 Å². The molecule has 0 saturated heterocycles. The van der Waals surface area contributed by atoms with Crippen molar-refractivity contribution in [2.24, 2.45) is 0 Å². The molecule has 6 heteroatoms. The van der Waals surface area contributed by atoms with Gasteiger partial charge >= 0.3 is 6.01 Å². The van der Waals surface area contributed by atoms with Gasteiger partial charge in [0.15, 0.2) is 0 Å². The normalized spacial score (nSPS) is 10.9. The van der Waals surface area contributed by atoms with Crippen LogP contribution in [0.3, 0.4) is 0 Å². The summed E-state index contributed by atoms with van der Waals surface area (Å²) in [7, 11) is 1.62. The van der Waals surface area contributed by atoms with Crippen molar-refractivity contribution in [2.75, 3.05) is 7.11 Å². The molecule has 0 aliphatic rings. The first-order valence-electron chi connectivity index (χ1n) is 5.93. The molecule has 2 N–H and O–H groups in total. The molecule has 20 heavy (non-hydrogen) atoms. The van der Waals surface area contributed by atoms with E-state index in [4.69, 9.17) is 4.74 Å². The van der Waals surface area contributed by atoms with Crippen molar-refractivity contribution >= 4 is 21.6 Å². The van der Waals surface area contributed by atoms with Crippen molar-refractivity contribution in [3.63, 3.8) is 0 Å². The summed E-state index contributed by atoms with van der Waals surface area (Å²) in [6.45, 7) is 1.90. The van der Waals surface area contributed by atoms with Crippen LogP contribution in [0.25, 0.3) is 20.7 Å². The number of hydrogen-bond acceptors (Lipinski definition) is 6. The number of rotatable bonds is 2. The van der Waals surface area contributed by atoms with E-state index in [1.807, 2.05) is 31.2 Å².